The second-order valence-electron chi connectivity index (χ2n) is 8.41. The molecule has 1 aromatic carbocycles. The van der Waals surface area contributed by atoms with Crippen molar-refractivity contribution in [3.63, 3.8) is 0 Å². The number of amides is 2. The lowest BCUT2D eigenvalue weighted by Crippen LogP contribution is -2.46. The highest BCUT2D eigenvalue weighted by molar-refractivity contribution is 5.87. The molecule has 0 heterocycles. The summed E-state index contributed by atoms with van der Waals surface area (Å²) < 4.78 is 5.25. The topological polar surface area (TPSA) is 84.5 Å². The largest absolute Gasteiger partial charge is 0.461 e. The van der Waals surface area contributed by atoms with Crippen LogP contribution < -0.4 is 10.6 Å². The van der Waals surface area contributed by atoms with Gasteiger partial charge >= 0.3 is 5.97 Å². The van der Waals surface area contributed by atoms with E-state index in [0.29, 0.717) is 6.54 Å². The van der Waals surface area contributed by atoms with E-state index in [0.717, 1.165) is 18.4 Å². The predicted molar refractivity (Wildman–Crippen MR) is 128 cm³/mol. The Morgan fingerprint density at radius 1 is 0.875 bits per heavy atom. The van der Waals surface area contributed by atoms with Gasteiger partial charge in [-0.3, -0.25) is 14.4 Å². The molecule has 0 aliphatic heterocycles. The number of carbonyl (C=O) groups excluding carboxylic acids is 3. The number of nitrogens with one attached hydrogen (secondary N) is 2. The molecule has 0 bridgehead atoms. The molecule has 0 radical (unpaired) electrons. The molecule has 6 nitrogen and oxygen atoms in total. The van der Waals surface area contributed by atoms with E-state index in [1.807, 2.05) is 30.3 Å². The number of rotatable bonds is 18. The molecule has 0 fully saturated rings. The number of esters is 1. The highest BCUT2D eigenvalue weighted by Crippen LogP contribution is 2.10. The molecule has 1 atom stereocenters. The normalized spacial score (nSPS) is 11.6. The second-order valence-corrected chi connectivity index (χ2v) is 8.41. The lowest BCUT2D eigenvalue weighted by Gasteiger charge is -2.17. The van der Waals surface area contributed by atoms with E-state index in [2.05, 4.69) is 17.6 Å². The van der Waals surface area contributed by atoms with Crippen LogP contribution in [0.4, 0.5) is 0 Å². The van der Waals surface area contributed by atoms with Gasteiger partial charge < -0.3 is 15.4 Å². The molecule has 2 amide bonds. The van der Waals surface area contributed by atoms with Crippen LogP contribution in [0, 0.1) is 0 Å². The van der Waals surface area contributed by atoms with Gasteiger partial charge in [0.15, 0.2) is 0 Å². The Morgan fingerprint density at radius 2 is 1.47 bits per heavy atom. The van der Waals surface area contributed by atoms with Gasteiger partial charge in [0.1, 0.15) is 12.6 Å². The Balaban J connectivity index is 2.18. The smallest absolute Gasteiger partial charge is 0.306 e. The summed E-state index contributed by atoms with van der Waals surface area (Å²) in [6, 6.07) is 8.71. The highest BCUT2D eigenvalue weighted by Gasteiger charge is 2.20. The van der Waals surface area contributed by atoms with Crippen LogP contribution in [-0.4, -0.2) is 30.4 Å². The third kappa shape index (κ3) is 14.6. The van der Waals surface area contributed by atoms with Crippen molar-refractivity contribution >= 4 is 17.8 Å². The number of unbranched alkanes of at least 4 members (excludes halogenated alkanes) is 9. The van der Waals surface area contributed by atoms with E-state index < -0.39 is 6.04 Å². The fourth-order valence-corrected chi connectivity index (χ4v) is 3.53. The molecule has 0 aromatic heterocycles. The van der Waals surface area contributed by atoms with Gasteiger partial charge in [-0.2, -0.15) is 0 Å². The van der Waals surface area contributed by atoms with Crippen LogP contribution in [-0.2, 0) is 25.7 Å². The van der Waals surface area contributed by atoms with Gasteiger partial charge in [0.2, 0.25) is 11.8 Å². The summed E-state index contributed by atoms with van der Waals surface area (Å²) in [6.45, 7) is 4.40. The Bertz CT molecular complexity index is 648. The molecule has 32 heavy (non-hydrogen) atoms. The zero-order valence-corrected chi connectivity index (χ0v) is 20.0. The van der Waals surface area contributed by atoms with E-state index in [4.69, 9.17) is 4.74 Å². The van der Waals surface area contributed by atoms with Crippen LogP contribution >= 0.6 is 0 Å². The quantitative estimate of drug-likeness (QED) is 0.244. The van der Waals surface area contributed by atoms with E-state index in [1.54, 1.807) is 0 Å². The first kappa shape index (κ1) is 27.7. The summed E-state index contributed by atoms with van der Waals surface area (Å²) in [7, 11) is 0. The maximum Gasteiger partial charge on any atom is 0.306 e. The SMILES string of the molecule is CCCCCCCCCCCCNC(=O)C(CCC(=O)OCc1ccccc1)NC(C)=O. The molecule has 0 aliphatic rings. The lowest BCUT2D eigenvalue weighted by atomic mass is 10.1. The summed E-state index contributed by atoms with van der Waals surface area (Å²) >= 11 is 0. The minimum atomic E-state index is -0.722. The molecule has 0 saturated heterocycles. The van der Waals surface area contributed by atoms with E-state index in [9.17, 15) is 14.4 Å². The van der Waals surface area contributed by atoms with Crippen LogP contribution in [0.15, 0.2) is 30.3 Å². The fraction of sp³-hybridized carbons (Fsp3) is 0.654. The molecule has 1 rings (SSSR count). The maximum atomic E-state index is 12.5. The third-order valence-electron chi connectivity index (χ3n) is 5.40. The van der Waals surface area contributed by atoms with E-state index in [-0.39, 0.29) is 37.2 Å². The standard InChI is InChI=1S/C26H42N2O4/c1-3-4-5-6-7-8-9-10-11-15-20-27-26(31)24(28-22(2)29)18-19-25(30)32-21-23-16-13-12-14-17-23/h12-14,16-17,24H,3-11,15,18-21H2,1-2H3,(H,27,31)(H,28,29). The molecule has 1 unspecified atom stereocenters. The zero-order valence-electron chi connectivity index (χ0n) is 20.0. The summed E-state index contributed by atoms with van der Waals surface area (Å²) in [5.41, 5.74) is 0.911. The van der Waals surface area contributed by atoms with Crippen molar-refractivity contribution < 1.29 is 19.1 Å². The second kappa shape index (κ2) is 18.2. The van der Waals surface area contributed by atoms with Gasteiger partial charge in [-0.25, -0.2) is 0 Å². The van der Waals surface area contributed by atoms with Crippen molar-refractivity contribution in [1.82, 2.24) is 10.6 Å². The van der Waals surface area contributed by atoms with Crippen LogP contribution in [0.2, 0.25) is 0 Å². The number of benzene rings is 1. The highest BCUT2D eigenvalue weighted by atomic mass is 16.5. The molecule has 2 N–H and O–H groups in total. The van der Waals surface area contributed by atoms with Crippen LogP contribution in [0.5, 0.6) is 0 Å². The first-order chi connectivity index (χ1) is 15.5. The van der Waals surface area contributed by atoms with Crippen molar-refractivity contribution in [3.8, 4) is 0 Å². The first-order valence-corrected chi connectivity index (χ1v) is 12.3. The van der Waals surface area contributed by atoms with Crippen molar-refractivity contribution in [3.05, 3.63) is 35.9 Å². The lowest BCUT2D eigenvalue weighted by molar-refractivity contribution is -0.145. The summed E-state index contributed by atoms with van der Waals surface area (Å²) in [5, 5.41) is 5.53. The number of hydrogen-bond donors (Lipinski definition) is 2. The van der Waals surface area contributed by atoms with Gasteiger partial charge in [0, 0.05) is 19.9 Å². The van der Waals surface area contributed by atoms with Crippen molar-refractivity contribution in [2.45, 2.75) is 104 Å². The monoisotopic (exact) mass is 446 g/mol. The summed E-state index contributed by atoms with van der Waals surface area (Å²) in [6.07, 6.45) is 12.7. The molecular weight excluding hydrogens is 404 g/mol. The van der Waals surface area contributed by atoms with Crippen LogP contribution in [0.25, 0.3) is 0 Å². The molecule has 180 valence electrons. The van der Waals surface area contributed by atoms with Gasteiger partial charge in [-0.05, 0) is 18.4 Å². The van der Waals surface area contributed by atoms with Crippen molar-refractivity contribution in [2.24, 2.45) is 0 Å². The summed E-state index contributed by atoms with van der Waals surface area (Å²) in [5.74, 6) is -0.916. The average molecular weight is 447 g/mol. The van der Waals surface area contributed by atoms with Crippen LogP contribution in [0.3, 0.4) is 0 Å². The van der Waals surface area contributed by atoms with E-state index >= 15 is 0 Å². The van der Waals surface area contributed by atoms with Crippen molar-refractivity contribution in [1.29, 1.82) is 0 Å². The predicted octanol–water partition coefficient (Wildman–Crippen LogP) is 5.05. The summed E-state index contributed by atoms with van der Waals surface area (Å²) in [4.78, 5) is 35.9. The minimum absolute atomic E-state index is 0.0729. The number of ether oxygens (including phenoxy) is 1. The molecular formula is C26H42N2O4. The fourth-order valence-electron chi connectivity index (χ4n) is 3.53. The Labute approximate surface area is 193 Å². The Morgan fingerprint density at radius 3 is 2.06 bits per heavy atom. The van der Waals surface area contributed by atoms with Crippen molar-refractivity contribution in [2.75, 3.05) is 6.54 Å². The van der Waals surface area contributed by atoms with Crippen LogP contribution in [0.1, 0.15) is 96.5 Å². The molecule has 0 aliphatic carbocycles. The minimum Gasteiger partial charge on any atom is -0.461 e. The first-order valence-electron chi connectivity index (χ1n) is 12.3. The number of hydrogen-bond acceptors (Lipinski definition) is 4. The number of carbonyl (C=O) groups is 3. The van der Waals surface area contributed by atoms with Gasteiger partial charge in [-0.15, -0.1) is 0 Å². The Hall–Kier alpha value is -2.37. The third-order valence-corrected chi connectivity index (χ3v) is 5.40. The average Bonchev–Trinajstić information content (AvgIpc) is 2.79. The van der Waals surface area contributed by atoms with Gasteiger partial charge in [0.25, 0.3) is 0 Å². The molecule has 0 saturated carbocycles. The zero-order chi connectivity index (χ0) is 23.4. The van der Waals surface area contributed by atoms with Gasteiger partial charge in [0.05, 0.1) is 0 Å². The van der Waals surface area contributed by atoms with E-state index in [1.165, 1.54) is 58.3 Å². The molecule has 1 aromatic rings. The molecule has 6 heteroatoms. The van der Waals surface area contributed by atoms with Gasteiger partial charge in [-0.1, -0.05) is 95.0 Å². The molecule has 0 spiro atoms. The maximum absolute atomic E-state index is 12.5. The Kier molecular flexibility index (Phi) is 15.8.